The highest BCUT2D eigenvalue weighted by Gasteiger charge is 2.18. The topological polar surface area (TPSA) is 73.9 Å². The standard InChI is InChI=1S/C22H21NO5/c1-26-19-11-15(12-20(27-2)21(19)28-3)18(24)13-23-22(25)17-10-6-8-14-7-4-5-9-16(14)17/h4-12H,13H2,1-3H3,(H,23,25). The molecule has 6 heteroatoms. The fourth-order valence-electron chi connectivity index (χ4n) is 3.02. The molecule has 0 fully saturated rings. The Balaban J connectivity index is 1.79. The van der Waals surface area contributed by atoms with E-state index in [1.54, 1.807) is 18.2 Å². The molecule has 0 aliphatic carbocycles. The Labute approximate surface area is 163 Å². The van der Waals surface area contributed by atoms with Crippen LogP contribution in [0.4, 0.5) is 0 Å². The van der Waals surface area contributed by atoms with Crippen molar-refractivity contribution in [3.05, 3.63) is 65.7 Å². The van der Waals surface area contributed by atoms with Crippen LogP contribution in [0.15, 0.2) is 54.6 Å². The quantitative estimate of drug-likeness (QED) is 0.636. The molecule has 1 N–H and O–H groups in total. The molecule has 3 aromatic rings. The average Bonchev–Trinajstić information content (AvgIpc) is 2.75. The van der Waals surface area contributed by atoms with Crippen LogP contribution in [0.5, 0.6) is 17.2 Å². The molecule has 0 bridgehead atoms. The molecule has 0 atom stereocenters. The maximum atomic E-state index is 12.6. The van der Waals surface area contributed by atoms with E-state index in [-0.39, 0.29) is 18.2 Å². The largest absolute Gasteiger partial charge is 0.493 e. The minimum atomic E-state index is -0.308. The van der Waals surface area contributed by atoms with E-state index in [0.29, 0.717) is 28.4 Å². The number of hydrogen-bond donors (Lipinski definition) is 1. The normalized spacial score (nSPS) is 10.4. The van der Waals surface area contributed by atoms with Gasteiger partial charge in [0.15, 0.2) is 17.3 Å². The van der Waals surface area contributed by atoms with Crippen molar-refractivity contribution in [2.45, 2.75) is 0 Å². The average molecular weight is 379 g/mol. The van der Waals surface area contributed by atoms with Crippen LogP contribution in [0.2, 0.25) is 0 Å². The predicted octanol–water partition coefficient (Wildman–Crippen LogP) is 3.48. The molecular weight excluding hydrogens is 358 g/mol. The van der Waals surface area contributed by atoms with E-state index in [1.165, 1.54) is 21.3 Å². The van der Waals surface area contributed by atoms with E-state index in [9.17, 15) is 9.59 Å². The second-order valence-electron chi connectivity index (χ2n) is 6.05. The number of carbonyl (C=O) groups excluding carboxylic acids is 2. The van der Waals surface area contributed by atoms with Crippen LogP contribution in [0.3, 0.4) is 0 Å². The molecular formula is C22H21NO5. The summed E-state index contributed by atoms with van der Waals surface area (Å²) in [6.45, 7) is -0.152. The summed E-state index contributed by atoms with van der Waals surface area (Å²) in [7, 11) is 4.45. The maximum Gasteiger partial charge on any atom is 0.252 e. The second-order valence-corrected chi connectivity index (χ2v) is 6.05. The van der Waals surface area contributed by atoms with Crippen molar-refractivity contribution in [3.8, 4) is 17.2 Å². The van der Waals surface area contributed by atoms with Crippen LogP contribution >= 0.6 is 0 Å². The van der Waals surface area contributed by atoms with Crippen molar-refractivity contribution in [2.24, 2.45) is 0 Å². The number of Topliss-reactive ketones (excluding diaryl/α,β-unsaturated/α-hetero) is 1. The van der Waals surface area contributed by atoms with Crippen molar-refractivity contribution in [1.29, 1.82) is 0 Å². The van der Waals surface area contributed by atoms with Gasteiger partial charge in [-0.3, -0.25) is 9.59 Å². The number of ether oxygens (including phenoxy) is 3. The lowest BCUT2D eigenvalue weighted by Crippen LogP contribution is -2.29. The van der Waals surface area contributed by atoms with Crippen LogP contribution < -0.4 is 19.5 Å². The molecule has 3 rings (SSSR count). The summed E-state index contributed by atoms with van der Waals surface area (Å²) in [4.78, 5) is 25.2. The summed E-state index contributed by atoms with van der Waals surface area (Å²) >= 11 is 0. The SMILES string of the molecule is COc1cc(C(=O)CNC(=O)c2cccc3ccccc23)cc(OC)c1OC. The third-order valence-electron chi connectivity index (χ3n) is 4.43. The highest BCUT2D eigenvalue weighted by molar-refractivity contribution is 6.09. The monoisotopic (exact) mass is 379 g/mol. The van der Waals surface area contributed by atoms with Gasteiger partial charge in [0.05, 0.1) is 27.9 Å². The summed E-state index contributed by atoms with van der Waals surface area (Å²) in [6, 6.07) is 16.2. The first-order valence-electron chi connectivity index (χ1n) is 8.68. The Morgan fingerprint density at radius 3 is 2.14 bits per heavy atom. The van der Waals surface area contributed by atoms with Crippen LogP contribution in [0.25, 0.3) is 10.8 Å². The molecule has 28 heavy (non-hydrogen) atoms. The molecule has 0 aliphatic rings. The van der Waals surface area contributed by atoms with Gasteiger partial charge in [-0.05, 0) is 29.0 Å². The Morgan fingerprint density at radius 2 is 1.50 bits per heavy atom. The van der Waals surface area contributed by atoms with Crippen molar-refractivity contribution in [2.75, 3.05) is 27.9 Å². The molecule has 0 aliphatic heterocycles. The minimum absolute atomic E-state index is 0.152. The third-order valence-corrected chi connectivity index (χ3v) is 4.43. The predicted molar refractivity (Wildman–Crippen MR) is 107 cm³/mol. The zero-order chi connectivity index (χ0) is 20.1. The van der Waals surface area contributed by atoms with Crippen LogP contribution in [0, 0.1) is 0 Å². The van der Waals surface area contributed by atoms with E-state index in [2.05, 4.69) is 5.32 Å². The van der Waals surface area contributed by atoms with Gasteiger partial charge < -0.3 is 19.5 Å². The Kier molecular flexibility index (Phi) is 5.79. The Morgan fingerprint density at radius 1 is 0.857 bits per heavy atom. The lowest BCUT2D eigenvalue weighted by atomic mass is 10.0. The van der Waals surface area contributed by atoms with E-state index >= 15 is 0 Å². The highest BCUT2D eigenvalue weighted by Crippen LogP contribution is 2.38. The van der Waals surface area contributed by atoms with Crippen LogP contribution in [0.1, 0.15) is 20.7 Å². The summed E-state index contributed by atoms with van der Waals surface area (Å²) < 4.78 is 15.8. The summed E-state index contributed by atoms with van der Waals surface area (Å²) in [5.41, 5.74) is 0.878. The molecule has 0 heterocycles. The maximum absolute atomic E-state index is 12.6. The number of amides is 1. The molecule has 0 unspecified atom stereocenters. The Bertz CT molecular complexity index is 998. The van der Waals surface area contributed by atoms with Gasteiger partial charge in [0.2, 0.25) is 5.75 Å². The lowest BCUT2D eigenvalue weighted by Gasteiger charge is -2.14. The van der Waals surface area contributed by atoms with Gasteiger partial charge in [-0.25, -0.2) is 0 Å². The van der Waals surface area contributed by atoms with E-state index in [0.717, 1.165) is 10.8 Å². The van der Waals surface area contributed by atoms with E-state index in [4.69, 9.17) is 14.2 Å². The zero-order valence-electron chi connectivity index (χ0n) is 15.9. The van der Waals surface area contributed by atoms with Gasteiger partial charge in [0.25, 0.3) is 5.91 Å². The second kappa shape index (κ2) is 8.43. The number of carbonyl (C=O) groups is 2. The molecule has 0 saturated heterocycles. The number of hydrogen-bond acceptors (Lipinski definition) is 5. The van der Waals surface area contributed by atoms with Crippen LogP contribution in [-0.4, -0.2) is 39.6 Å². The molecule has 6 nitrogen and oxygen atoms in total. The van der Waals surface area contributed by atoms with E-state index in [1.807, 2.05) is 36.4 Å². The van der Waals surface area contributed by atoms with Gasteiger partial charge in [-0.2, -0.15) is 0 Å². The van der Waals surface area contributed by atoms with Crippen molar-refractivity contribution >= 4 is 22.5 Å². The fourth-order valence-corrected chi connectivity index (χ4v) is 3.02. The number of benzene rings is 3. The lowest BCUT2D eigenvalue weighted by molar-refractivity contribution is 0.0905. The van der Waals surface area contributed by atoms with Gasteiger partial charge in [-0.1, -0.05) is 36.4 Å². The molecule has 0 saturated carbocycles. The fraction of sp³-hybridized carbons (Fsp3) is 0.182. The van der Waals surface area contributed by atoms with Gasteiger partial charge in [0.1, 0.15) is 0 Å². The first kappa shape index (κ1) is 19.2. The molecule has 144 valence electrons. The number of rotatable bonds is 7. The Hall–Kier alpha value is -3.54. The summed E-state index contributed by atoms with van der Waals surface area (Å²) in [5.74, 6) is 0.586. The molecule has 0 radical (unpaired) electrons. The minimum Gasteiger partial charge on any atom is -0.493 e. The molecule has 3 aromatic carbocycles. The van der Waals surface area contributed by atoms with E-state index < -0.39 is 0 Å². The highest BCUT2D eigenvalue weighted by atomic mass is 16.5. The zero-order valence-corrected chi connectivity index (χ0v) is 15.9. The van der Waals surface area contributed by atoms with Crippen molar-refractivity contribution in [3.63, 3.8) is 0 Å². The first-order valence-corrected chi connectivity index (χ1v) is 8.68. The van der Waals surface area contributed by atoms with Gasteiger partial charge >= 0.3 is 0 Å². The third kappa shape index (κ3) is 3.76. The number of ketones is 1. The smallest absolute Gasteiger partial charge is 0.252 e. The molecule has 1 amide bonds. The molecule has 0 spiro atoms. The number of fused-ring (bicyclic) bond motifs is 1. The number of nitrogens with one attached hydrogen (secondary N) is 1. The van der Waals surface area contributed by atoms with Crippen LogP contribution in [-0.2, 0) is 0 Å². The summed E-state index contributed by atoms with van der Waals surface area (Å²) in [6.07, 6.45) is 0. The van der Waals surface area contributed by atoms with Gasteiger partial charge in [0, 0.05) is 11.1 Å². The summed E-state index contributed by atoms with van der Waals surface area (Å²) in [5, 5.41) is 4.49. The van der Waals surface area contributed by atoms with Crippen molar-refractivity contribution in [1.82, 2.24) is 5.32 Å². The molecule has 0 aromatic heterocycles. The van der Waals surface area contributed by atoms with Crippen molar-refractivity contribution < 1.29 is 23.8 Å². The number of methoxy groups -OCH3 is 3. The van der Waals surface area contributed by atoms with Gasteiger partial charge in [-0.15, -0.1) is 0 Å². The first-order chi connectivity index (χ1) is 13.6.